The van der Waals surface area contributed by atoms with Gasteiger partial charge in [-0.15, -0.1) is 0 Å². The Hall–Kier alpha value is -1.90. The Balaban J connectivity index is 4.03. The van der Waals surface area contributed by atoms with Crippen molar-refractivity contribution in [3.05, 3.63) is 42.0 Å². The minimum atomic E-state index is -7.13. The molecule has 0 saturated carbocycles. The Labute approximate surface area is 307 Å². The third-order valence-electron chi connectivity index (χ3n) is 9.61. The molecule has 1 rings (SSSR count). The van der Waals surface area contributed by atoms with Crippen LogP contribution < -0.4 is 5.32 Å². The number of unbranched alkanes of at least 4 members (excludes halogenated alkanes) is 9. The van der Waals surface area contributed by atoms with E-state index >= 15 is 0 Å². The molecule has 0 aliphatic carbocycles. The summed E-state index contributed by atoms with van der Waals surface area (Å²) in [6.07, 6.45) is 1.12. The maximum atomic E-state index is 14.6. The first-order chi connectivity index (χ1) is 23.9. The molecule has 1 aromatic rings. The Morgan fingerprint density at radius 3 is 1.54 bits per heavy atom. The first-order valence-corrected chi connectivity index (χ1v) is 23.8. The number of alkyl carbamates (subject to hydrolysis) is 1. The van der Waals surface area contributed by atoms with Gasteiger partial charge in [-0.25, -0.2) is 0 Å². The zero-order chi connectivity index (χ0) is 40.1. The standard InChI is InChI=1S/C35H59F6N2O6PS2/c1-8-11-14-17-24-50(25-18-15-12-9-2,26-19-16-13-10-3,43(51(45,46)34(36,37)38)52(47,48)35(39,40)41)27-23-49-32(44)42-33(6,7)31-22-20-21-30(28-31)29(4)5/h20-22,28H,4,8-19,23-27H2,1-3,5-7H3,(H,42,44). The van der Waals surface area contributed by atoms with E-state index in [0.717, 1.165) is 11.1 Å². The molecule has 0 unspecified atom stereocenters. The molecule has 52 heavy (non-hydrogen) atoms. The molecule has 8 nitrogen and oxygen atoms in total. The topological polar surface area (TPSA) is 110 Å². The first kappa shape index (κ1) is 48.1. The van der Waals surface area contributed by atoms with Crippen LogP contribution in [0.3, 0.4) is 0 Å². The zero-order valence-electron chi connectivity index (χ0n) is 31.5. The van der Waals surface area contributed by atoms with Crippen LogP contribution in [0.2, 0.25) is 0 Å². The van der Waals surface area contributed by atoms with Crippen molar-refractivity contribution in [2.24, 2.45) is 0 Å². The molecule has 304 valence electrons. The second-order valence-corrected chi connectivity index (χ2v) is 24.6. The second kappa shape index (κ2) is 19.6. The number of sulfonamides is 2. The van der Waals surface area contributed by atoms with Crippen LogP contribution in [0.5, 0.6) is 0 Å². The van der Waals surface area contributed by atoms with Gasteiger partial charge in [-0.05, 0) is 0 Å². The fourth-order valence-corrected chi connectivity index (χ4v) is 21.6. The Bertz CT molecular complexity index is 1450. The van der Waals surface area contributed by atoms with Crippen LogP contribution >= 0.6 is 6.75 Å². The van der Waals surface area contributed by atoms with Crippen LogP contribution in [0.15, 0.2) is 30.8 Å². The van der Waals surface area contributed by atoms with Gasteiger partial charge in [0.05, 0.1) is 0 Å². The van der Waals surface area contributed by atoms with Crippen LogP contribution in [0.25, 0.3) is 5.57 Å². The number of nitrogens with one attached hydrogen (secondary N) is 1. The van der Waals surface area contributed by atoms with Crippen LogP contribution in [-0.2, 0) is 30.3 Å². The van der Waals surface area contributed by atoms with Crippen molar-refractivity contribution in [3.8, 4) is 0 Å². The molecule has 1 aromatic carbocycles. The summed E-state index contributed by atoms with van der Waals surface area (Å²) in [7, 11) is -14.3. The van der Waals surface area contributed by atoms with Crippen molar-refractivity contribution < 1.29 is 52.7 Å². The summed E-state index contributed by atoms with van der Waals surface area (Å²) in [6.45, 7) is 8.29. The molecule has 0 bridgehead atoms. The average Bonchev–Trinajstić information content (AvgIpc) is 3.02. The second-order valence-electron chi connectivity index (χ2n) is 14.3. The molecule has 0 aliphatic heterocycles. The van der Waals surface area contributed by atoms with Crippen LogP contribution in [0.4, 0.5) is 31.1 Å². The van der Waals surface area contributed by atoms with Crippen molar-refractivity contribution >= 4 is 38.5 Å². The van der Waals surface area contributed by atoms with Gasteiger partial charge in [0.2, 0.25) is 0 Å². The maximum absolute atomic E-state index is 14.6. The molecule has 0 aliphatic rings. The number of ether oxygens (including phenoxy) is 1. The van der Waals surface area contributed by atoms with Gasteiger partial charge in [0, 0.05) is 0 Å². The zero-order valence-corrected chi connectivity index (χ0v) is 34.0. The third kappa shape index (κ3) is 12.3. The monoisotopic (exact) mass is 812 g/mol. The fraction of sp³-hybridized carbons (Fsp3) is 0.743. The molecule has 0 spiro atoms. The van der Waals surface area contributed by atoms with E-state index < -0.39 is 84.2 Å². The number of allylic oxidation sites excluding steroid dienone is 1. The molecule has 0 fully saturated rings. The number of nitrogens with zero attached hydrogens (tertiary/aromatic N) is 1. The van der Waals surface area contributed by atoms with Crippen molar-refractivity contribution in [2.45, 2.75) is 135 Å². The predicted molar refractivity (Wildman–Crippen MR) is 199 cm³/mol. The predicted octanol–water partition coefficient (Wildman–Crippen LogP) is 10.9. The van der Waals surface area contributed by atoms with Crippen molar-refractivity contribution in [2.75, 3.05) is 31.3 Å². The summed E-state index contributed by atoms with van der Waals surface area (Å²) < 4.78 is 146. The van der Waals surface area contributed by atoms with Crippen LogP contribution in [0, 0.1) is 0 Å². The van der Waals surface area contributed by atoms with Crippen LogP contribution in [-0.4, -0.2) is 68.7 Å². The first-order valence-electron chi connectivity index (χ1n) is 18.0. The number of halogens is 6. The third-order valence-corrected chi connectivity index (χ3v) is 23.5. The number of carbonyl (C=O) groups is 1. The molecule has 0 radical (unpaired) electrons. The van der Waals surface area contributed by atoms with Gasteiger partial charge in [-0.3, -0.25) is 0 Å². The number of hydrogen-bond acceptors (Lipinski definition) is 6. The molecule has 0 saturated heterocycles. The summed E-state index contributed by atoms with van der Waals surface area (Å²) in [6, 6.07) is 7.11. The molecule has 0 heterocycles. The van der Waals surface area contributed by atoms with Crippen molar-refractivity contribution in [1.82, 2.24) is 8.80 Å². The van der Waals surface area contributed by atoms with E-state index in [2.05, 4.69) is 11.9 Å². The summed E-state index contributed by atoms with van der Waals surface area (Å²) in [5.74, 6) is 0. The van der Waals surface area contributed by atoms with E-state index in [0.29, 0.717) is 63.4 Å². The van der Waals surface area contributed by atoms with Gasteiger partial charge in [0.25, 0.3) is 0 Å². The van der Waals surface area contributed by atoms with E-state index in [1.807, 2.05) is 26.8 Å². The SMILES string of the molecule is C=C(C)c1cccc(C(C)(C)NC(=O)OCCP(CCCCCC)(CCCCCC)(CCCCCC)N(S(=O)(=O)C(F)(F)F)S(=O)(=O)C(F)(F)F)c1. The summed E-state index contributed by atoms with van der Waals surface area (Å²) in [4.78, 5) is 13.3. The average molecular weight is 813 g/mol. The van der Waals surface area contributed by atoms with Crippen LogP contribution in [0.1, 0.15) is 130 Å². The van der Waals surface area contributed by atoms with E-state index in [1.165, 1.54) is 0 Å². The number of hydrogen-bond donors (Lipinski definition) is 1. The molecule has 17 heteroatoms. The summed E-state index contributed by atoms with van der Waals surface area (Å²) in [5.41, 5.74) is -11.6. The number of alkyl halides is 6. The van der Waals surface area contributed by atoms with Gasteiger partial charge >= 0.3 is 308 Å². The number of amides is 1. The van der Waals surface area contributed by atoms with E-state index in [9.17, 15) is 48.0 Å². The van der Waals surface area contributed by atoms with Gasteiger partial charge < -0.3 is 0 Å². The Morgan fingerprint density at radius 1 is 0.750 bits per heavy atom. The normalized spacial score (nSPS) is 14.2. The van der Waals surface area contributed by atoms with E-state index in [1.54, 1.807) is 39.0 Å². The van der Waals surface area contributed by atoms with E-state index in [-0.39, 0.29) is 19.3 Å². The Morgan fingerprint density at radius 2 is 1.17 bits per heavy atom. The summed E-state index contributed by atoms with van der Waals surface area (Å²) >= 11 is 0. The number of carbonyl (C=O) groups excluding carboxylic acids is 1. The van der Waals surface area contributed by atoms with Crippen molar-refractivity contribution in [3.63, 3.8) is 0 Å². The minimum absolute atomic E-state index is 0.0112. The van der Waals surface area contributed by atoms with Gasteiger partial charge in [-0.1, -0.05) is 0 Å². The Kier molecular flexibility index (Phi) is 18.2. The molecule has 0 aromatic heterocycles. The van der Waals surface area contributed by atoms with Gasteiger partial charge in [0.15, 0.2) is 0 Å². The molecular formula is C35H59F6N2O6PS2. The molecule has 1 amide bonds. The number of rotatable bonds is 24. The van der Waals surface area contributed by atoms with Gasteiger partial charge in [-0.2, -0.15) is 0 Å². The quantitative estimate of drug-likeness (QED) is 0.0632. The summed E-state index contributed by atoms with van der Waals surface area (Å²) in [5, 5.41) is 2.67. The van der Waals surface area contributed by atoms with E-state index in [4.69, 9.17) is 4.74 Å². The fourth-order valence-electron chi connectivity index (χ4n) is 6.66. The molecule has 0 atom stereocenters. The van der Waals surface area contributed by atoms with Crippen molar-refractivity contribution in [1.29, 1.82) is 0 Å². The number of benzene rings is 1. The van der Waals surface area contributed by atoms with Gasteiger partial charge in [0.1, 0.15) is 0 Å². The molecular weight excluding hydrogens is 753 g/mol. The molecule has 1 N–H and O–H groups in total.